The van der Waals surface area contributed by atoms with Crippen LogP contribution in [0.25, 0.3) is 22.3 Å². The molecule has 6 nitrogen and oxygen atoms in total. The number of aromatic nitrogens is 2. The molecule has 41 heavy (non-hydrogen) atoms. The molecule has 2 N–H and O–H groups in total. The zero-order valence-electron chi connectivity index (χ0n) is 21.1. The van der Waals surface area contributed by atoms with Crippen LogP contribution in [0.1, 0.15) is 22.5 Å². The van der Waals surface area contributed by atoms with Gasteiger partial charge in [0.2, 0.25) is 0 Å². The number of benzene rings is 2. The molecule has 0 aliphatic heterocycles. The zero-order valence-corrected chi connectivity index (χ0v) is 24.9. The van der Waals surface area contributed by atoms with E-state index in [0.717, 1.165) is 65.7 Å². The van der Waals surface area contributed by atoms with Crippen LogP contribution < -0.4 is 0 Å². The van der Waals surface area contributed by atoms with Gasteiger partial charge in [-0.2, -0.15) is 0 Å². The summed E-state index contributed by atoms with van der Waals surface area (Å²) in [5, 5.41) is 19.4. The summed E-state index contributed by atoms with van der Waals surface area (Å²) in [4.78, 5) is 8.68. The topological polar surface area (TPSA) is 72.3 Å². The molecule has 0 atom stereocenters. The van der Waals surface area contributed by atoms with Crippen LogP contribution in [0, 0.1) is 0 Å². The molecule has 0 spiro atoms. The molecule has 0 saturated heterocycles. The van der Waals surface area contributed by atoms with E-state index in [1.54, 1.807) is 26.5 Å². The number of pyridine rings is 2. The quantitative estimate of drug-likeness (QED) is 0.0426. The van der Waals surface area contributed by atoms with E-state index in [-0.39, 0.29) is 44.8 Å². The molecule has 0 amide bonds. The fraction of sp³-hybridized carbons (Fsp3) is 0.0769. The van der Waals surface area contributed by atoms with E-state index >= 15 is 0 Å². The van der Waals surface area contributed by atoms with Crippen LogP contribution in [0.4, 0.5) is 25.2 Å². The minimum absolute atomic E-state index is 0. The molecule has 0 unspecified atom stereocenters. The standard InChI is InChI=1S/2C13H11N2O.2Ag.F6P/c2*1-15(16)13-11-6-3-2-5-9(11)10-7-4-8-14-12(10)13;;;1-7(2,3,4,5)6/h2*2-8,16H,1H3;;;/q4*+1;-1. The molecule has 0 fully saturated rings. The van der Waals surface area contributed by atoms with Gasteiger partial charge in [-0.15, -0.1) is 0 Å². The second-order valence-corrected chi connectivity index (χ2v) is 10.5. The van der Waals surface area contributed by atoms with Crippen molar-refractivity contribution in [1.82, 2.24) is 9.97 Å². The fourth-order valence-corrected chi connectivity index (χ4v) is 4.38. The minimum Gasteiger partial charge on any atom is 1.00 e. The average molecular weight is 783 g/mol. The first-order chi connectivity index (χ1) is 18.0. The Hall–Kier alpha value is -2.83. The van der Waals surface area contributed by atoms with Crippen molar-refractivity contribution in [2.24, 2.45) is 0 Å². The molecule has 2 aromatic carbocycles. The van der Waals surface area contributed by atoms with Crippen LogP contribution in [0.15, 0.2) is 85.2 Å². The van der Waals surface area contributed by atoms with Gasteiger partial charge in [0.15, 0.2) is 14.1 Å². The van der Waals surface area contributed by atoms with Crippen LogP contribution in [-0.4, -0.2) is 55.4 Å². The fourth-order valence-electron chi connectivity index (χ4n) is 4.38. The van der Waals surface area contributed by atoms with Crippen molar-refractivity contribution in [2.45, 2.75) is 0 Å². The Morgan fingerprint density at radius 1 is 0.512 bits per heavy atom. The molecule has 15 heteroatoms. The van der Waals surface area contributed by atoms with Gasteiger partial charge >= 0.3 is 77.8 Å². The SMILES string of the molecule is C/[N+](O)=C1/c2ccccc2-c2cccnc21.C/[N+](O)=C1/c2ccccc2-c2cccnc21.F[P-](F)(F)(F)(F)F.[Ag+].[Ag+]. The maximum atomic E-state index is 9.87. The first kappa shape index (κ1) is 34.4. The Morgan fingerprint density at radius 2 is 0.780 bits per heavy atom. The number of hydrogen-bond donors (Lipinski definition) is 2. The van der Waals surface area contributed by atoms with Gasteiger partial charge in [-0.1, -0.05) is 48.5 Å². The second kappa shape index (κ2) is 11.8. The largest absolute Gasteiger partial charge is 1.00 e. The van der Waals surface area contributed by atoms with Gasteiger partial charge in [-0.05, 0) is 44.9 Å². The van der Waals surface area contributed by atoms with E-state index in [2.05, 4.69) is 9.97 Å². The van der Waals surface area contributed by atoms with Crippen molar-refractivity contribution >= 4 is 19.2 Å². The summed E-state index contributed by atoms with van der Waals surface area (Å²) in [6.07, 6.45) is 3.49. The van der Waals surface area contributed by atoms with Crippen LogP contribution in [0.3, 0.4) is 0 Å². The van der Waals surface area contributed by atoms with Crippen molar-refractivity contribution in [2.75, 3.05) is 14.1 Å². The van der Waals surface area contributed by atoms with Gasteiger partial charge in [-0.25, -0.2) is 9.97 Å². The van der Waals surface area contributed by atoms with E-state index in [9.17, 15) is 35.6 Å². The molecule has 2 heterocycles. The molecule has 4 aromatic rings. The second-order valence-electron chi connectivity index (χ2n) is 8.59. The number of halogens is 6. The molecular weight excluding hydrogens is 761 g/mol. The number of hydrogen-bond acceptors (Lipinski definition) is 4. The third kappa shape index (κ3) is 8.59. The Labute approximate surface area is 261 Å². The van der Waals surface area contributed by atoms with E-state index in [1.165, 1.54) is 0 Å². The van der Waals surface area contributed by atoms with Gasteiger partial charge < -0.3 is 0 Å². The van der Waals surface area contributed by atoms with Gasteiger partial charge in [0.25, 0.3) is 11.4 Å². The minimum atomic E-state index is -10.7. The Morgan fingerprint density at radius 3 is 1.07 bits per heavy atom. The smallest absolute Gasteiger partial charge is 1.00 e. The molecule has 2 aliphatic carbocycles. The maximum absolute atomic E-state index is 10.7. The van der Waals surface area contributed by atoms with Crippen LogP contribution in [0.5, 0.6) is 0 Å². The van der Waals surface area contributed by atoms with E-state index < -0.39 is 7.81 Å². The summed E-state index contributed by atoms with van der Waals surface area (Å²) < 4.78 is 61.5. The van der Waals surface area contributed by atoms with Crippen LogP contribution >= 0.6 is 7.81 Å². The zero-order chi connectivity index (χ0) is 28.7. The third-order valence-corrected chi connectivity index (χ3v) is 5.66. The number of rotatable bonds is 0. The van der Waals surface area contributed by atoms with Crippen molar-refractivity contribution in [3.8, 4) is 22.3 Å². The van der Waals surface area contributed by atoms with E-state index in [0.29, 0.717) is 0 Å². The Balaban J connectivity index is 0.000000226. The number of fused-ring (bicyclic) bond motifs is 6. The summed E-state index contributed by atoms with van der Waals surface area (Å²) in [5.74, 6) is 0. The summed E-state index contributed by atoms with van der Waals surface area (Å²) in [7, 11) is -7.42. The number of hydroxylamine groups is 2. The predicted octanol–water partition coefficient (Wildman–Crippen LogP) is 7.24. The van der Waals surface area contributed by atoms with Crippen molar-refractivity contribution in [3.05, 3.63) is 108 Å². The Bertz CT molecular complexity index is 1440. The van der Waals surface area contributed by atoms with Gasteiger partial charge in [0.1, 0.15) is 11.4 Å². The van der Waals surface area contributed by atoms with E-state index in [4.69, 9.17) is 0 Å². The average Bonchev–Trinajstić information content (AvgIpc) is 3.36. The first-order valence-electron chi connectivity index (χ1n) is 11.3. The molecule has 2 aliphatic rings. The molecule has 6 rings (SSSR count). The van der Waals surface area contributed by atoms with Crippen molar-refractivity contribution < 1.29 is 89.8 Å². The van der Waals surface area contributed by atoms with Gasteiger partial charge in [0.05, 0.1) is 11.1 Å². The monoisotopic (exact) mass is 781 g/mol. The molecule has 224 valence electrons. The molecule has 0 saturated carbocycles. The molecule has 0 radical (unpaired) electrons. The molecule has 2 aromatic heterocycles. The van der Waals surface area contributed by atoms with E-state index in [1.807, 2.05) is 72.8 Å². The summed E-state index contributed by atoms with van der Waals surface area (Å²) in [6.45, 7) is 0. The number of nitrogens with zero attached hydrogens (tertiary/aromatic N) is 4. The summed E-state index contributed by atoms with van der Waals surface area (Å²) in [6, 6.07) is 23.9. The summed E-state index contributed by atoms with van der Waals surface area (Å²) >= 11 is 0. The Kier molecular flexibility index (Phi) is 9.90. The first-order valence-corrected chi connectivity index (χ1v) is 13.3. The van der Waals surface area contributed by atoms with Gasteiger partial charge in [-0.3, -0.25) is 10.4 Å². The third-order valence-electron chi connectivity index (χ3n) is 5.66. The summed E-state index contributed by atoms with van der Waals surface area (Å²) in [5.41, 5.74) is 9.69. The normalized spacial score (nSPS) is 16.1. The van der Waals surface area contributed by atoms with Crippen LogP contribution in [0.2, 0.25) is 0 Å². The van der Waals surface area contributed by atoms with Crippen molar-refractivity contribution in [3.63, 3.8) is 0 Å². The molecular formula is C26H22Ag2F6N4O2P+3. The molecule has 0 bridgehead atoms. The van der Waals surface area contributed by atoms with Crippen LogP contribution in [-0.2, 0) is 44.8 Å². The van der Waals surface area contributed by atoms with Crippen molar-refractivity contribution in [1.29, 1.82) is 0 Å². The maximum Gasteiger partial charge on any atom is 1.00 e. The predicted molar refractivity (Wildman–Crippen MR) is 135 cm³/mol. The van der Waals surface area contributed by atoms with Gasteiger partial charge in [0, 0.05) is 23.5 Å².